The Labute approximate surface area is 148 Å². The molecule has 2 heterocycles. The summed E-state index contributed by atoms with van der Waals surface area (Å²) in [6.07, 6.45) is 2.34. The molecule has 0 radical (unpaired) electrons. The standard InChI is InChI=1S/C18H27N3O2S/c19-18(21-7-11-24-12-8-21)20-13-15-1-3-16(4-2-15)14-23-17-5-9-22-10-6-17/h1-4,17H,5-14H2,(H2,19,20). The molecule has 132 valence electrons. The molecule has 5 nitrogen and oxygen atoms in total. The van der Waals surface area contributed by atoms with Gasteiger partial charge in [0.1, 0.15) is 0 Å². The molecule has 0 bridgehead atoms. The molecule has 0 spiro atoms. The zero-order valence-electron chi connectivity index (χ0n) is 14.2. The second-order valence-corrected chi connectivity index (χ2v) is 7.44. The summed E-state index contributed by atoms with van der Waals surface area (Å²) >= 11 is 1.98. The molecule has 24 heavy (non-hydrogen) atoms. The van der Waals surface area contributed by atoms with Gasteiger partial charge in [-0.25, -0.2) is 4.99 Å². The molecule has 2 fully saturated rings. The molecule has 0 aromatic heterocycles. The van der Waals surface area contributed by atoms with Crippen LogP contribution in [0, 0.1) is 0 Å². The Hall–Kier alpha value is -1.24. The summed E-state index contributed by atoms with van der Waals surface area (Å²) in [6.45, 7) is 4.95. The van der Waals surface area contributed by atoms with Gasteiger partial charge >= 0.3 is 0 Å². The SMILES string of the molecule is NC(=NCc1ccc(COC2CCOCC2)cc1)N1CCSCC1. The van der Waals surface area contributed by atoms with Gasteiger partial charge in [0.15, 0.2) is 5.96 Å². The van der Waals surface area contributed by atoms with Gasteiger partial charge in [0.2, 0.25) is 0 Å². The van der Waals surface area contributed by atoms with Gasteiger partial charge in [0.05, 0.1) is 19.3 Å². The van der Waals surface area contributed by atoms with E-state index in [0.717, 1.165) is 50.7 Å². The van der Waals surface area contributed by atoms with Crippen molar-refractivity contribution in [3.63, 3.8) is 0 Å². The van der Waals surface area contributed by atoms with Crippen molar-refractivity contribution >= 4 is 17.7 Å². The first-order valence-corrected chi connectivity index (χ1v) is 9.86. The minimum Gasteiger partial charge on any atom is -0.381 e. The Morgan fingerprint density at radius 1 is 1.17 bits per heavy atom. The zero-order chi connectivity index (χ0) is 16.6. The molecule has 2 aliphatic heterocycles. The Balaban J connectivity index is 1.45. The number of nitrogens with two attached hydrogens (primary N) is 1. The highest BCUT2D eigenvalue weighted by atomic mass is 32.2. The molecular formula is C18H27N3O2S. The lowest BCUT2D eigenvalue weighted by atomic mass is 10.1. The van der Waals surface area contributed by atoms with Crippen molar-refractivity contribution in [2.45, 2.75) is 32.1 Å². The van der Waals surface area contributed by atoms with Crippen LogP contribution in [0.2, 0.25) is 0 Å². The Morgan fingerprint density at radius 2 is 1.83 bits per heavy atom. The first kappa shape index (κ1) is 17.6. The van der Waals surface area contributed by atoms with Gasteiger partial charge in [-0.1, -0.05) is 24.3 Å². The van der Waals surface area contributed by atoms with Gasteiger partial charge < -0.3 is 20.1 Å². The summed E-state index contributed by atoms with van der Waals surface area (Å²) in [7, 11) is 0. The quantitative estimate of drug-likeness (QED) is 0.653. The highest BCUT2D eigenvalue weighted by Gasteiger charge is 2.14. The van der Waals surface area contributed by atoms with E-state index in [0.29, 0.717) is 25.2 Å². The molecular weight excluding hydrogens is 322 g/mol. The van der Waals surface area contributed by atoms with Gasteiger partial charge in [-0.05, 0) is 24.0 Å². The lowest BCUT2D eigenvalue weighted by Crippen LogP contribution is -2.42. The molecule has 0 atom stereocenters. The lowest BCUT2D eigenvalue weighted by molar-refractivity contribution is -0.0390. The van der Waals surface area contributed by atoms with Gasteiger partial charge in [-0.2, -0.15) is 11.8 Å². The molecule has 0 saturated carbocycles. The van der Waals surface area contributed by atoms with Crippen molar-refractivity contribution in [2.24, 2.45) is 10.7 Å². The lowest BCUT2D eigenvalue weighted by Gasteiger charge is -2.27. The molecule has 6 heteroatoms. The Kier molecular flexibility index (Phi) is 6.81. The van der Waals surface area contributed by atoms with E-state index in [1.807, 2.05) is 11.8 Å². The fraction of sp³-hybridized carbons (Fsp3) is 0.611. The fourth-order valence-electron chi connectivity index (χ4n) is 2.86. The minimum absolute atomic E-state index is 0.338. The maximum Gasteiger partial charge on any atom is 0.191 e. The van der Waals surface area contributed by atoms with E-state index in [9.17, 15) is 0 Å². The van der Waals surface area contributed by atoms with Crippen LogP contribution in [0.15, 0.2) is 29.3 Å². The van der Waals surface area contributed by atoms with Crippen LogP contribution in [0.1, 0.15) is 24.0 Å². The van der Waals surface area contributed by atoms with Crippen molar-refractivity contribution in [2.75, 3.05) is 37.8 Å². The van der Waals surface area contributed by atoms with Gasteiger partial charge in [-0.15, -0.1) is 0 Å². The number of guanidine groups is 1. The predicted molar refractivity (Wildman–Crippen MR) is 99.3 cm³/mol. The predicted octanol–water partition coefficient (Wildman–Crippen LogP) is 2.25. The smallest absolute Gasteiger partial charge is 0.191 e. The van der Waals surface area contributed by atoms with Crippen LogP contribution in [-0.2, 0) is 22.6 Å². The average Bonchev–Trinajstić information content (AvgIpc) is 2.67. The fourth-order valence-corrected chi connectivity index (χ4v) is 3.77. The summed E-state index contributed by atoms with van der Waals surface area (Å²) in [5.74, 6) is 2.94. The van der Waals surface area contributed by atoms with Gasteiger partial charge in [0.25, 0.3) is 0 Å². The van der Waals surface area contributed by atoms with Crippen LogP contribution < -0.4 is 5.73 Å². The molecule has 2 saturated heterocycles. The first-order chi connectivity index (χ1) is 11.8. The van der Waals surface area contributed by atoms with Crippen LogP contribution in [0.3, 0.4) is 0 Å². The van der Waals surface area contributed by atoms with Crippen LogP contribution in [0.4, 0.5) is 0 Å². The molecule has 0 amide bonds. The second-order valence-electron chi connectivity index (χ2n) is 6.21. The van der Waals surface area contributed by atoms with E-state index >= 15 is 0 Å². The summed E-state index contributed by atoms with van der Waals surface area (Å²) < 4.78 is 11.3. The molecule has 0 unspecified atom stereocenters. The van der Waals surface area contributed by atoms with Crippen LogP contribution in [0.25, 0.3) is 0 Å². The Bertz CT molecular complexity index is 524. The van der Waals surface area contributed by atoms with Crippen molar-refractivity contribution in [3.05, 3.63) is 35.4 Å². The molecule has 0 aliphatic carbocycles. The normalized spacial score (nSPS) is 20.3. The van der Waals surface area contributed by atoms with Crippen LogP contribution in [0.5, 0.6) is 0 Å². The summed E-state index contributed by atoms with van der Waals surface area (Å²) in [5, 5.41) is 0. The van der Waals surface area contributed by atoms with E-state index < -0.39 is 0 Å². The highest BCUT2D eigenvalue weighted by Crippen LogP contribution is 2.14. The molecule has 2 aliphatic rings. The minimum atomic E-state index is 0.338. The first-order valence-electron chi connectivity index (χ1n) is 8.71. The van der Waals surface area contributed by atoms with E-state index in [-0.39, 0.29) is 0 Å². The number of thioether (sulfide) groups is 1. The van der Waals surface area contributed by atoms with Gasteiger partial charge in [0, 0.05) is 37.8 Å². The molecule has 1 aromatic carbocycles. The maximum atomic E-state index is 6.09. The average molecular weight is 350 g/mol. The third kappa shape index (κ3) is 5.40. The second kappa shape index (κ2) is 9.30. The molecule has 3 rings (SSSR count). The van der Waals surface area contributed by atoms with Crippen LogP contribution >= 0.6 is 11.8 Å². The third-order valence-corrected chi connectivity index (χ3v) is 5.38. The van der Waals surface area contributed by atoms with E-state index in [1.165, 1.54) is 11.1 Å². The number of hydrogen-bond donors (Lipinski definition) is 1. The number of nitrogens with zero attached hydrogens (tertiary/aromatic N) is 2. The molecule has 2 N–H and O–H groups in total. The largest absolute Gasteiger partial charge is 0.381 e. The third-order valence-electron chi connectivity index (χ3n) is 4.44. The number of benzene rings is 1. The summed E-state index contributed by atoms with van der Waals surface area (Å²) in [5.41, 5.74) is 8.48. The van der Waals surface area contributed by atoms with Crippen molar-refractivity contribution in [1.29, 1.82) is 0 Å². The number of ether oxygens (including phenoxy) is 2. The van der Waals surface area contributed by atoms with E-state index in [1.54, 1.807) is 0 Å². The van der Waals surface area contributed by atoms with Gasteiger partial charge in [-0.3, -0.25) is 0 Å². The Morgan fingerprint density at radius 3 is 2.54 bits per heavy atom. The summed E-state index contributed by atoms with van der Waals surface area (Å²) in [6, 6.07) is 8.48. The monoisotopic (exact) mass is 349 g/mol. The maximum absolute atomic E-state index is 6.09. The van der Waals surface area contributed by atoms with E-state index in [4.69, 9.17) is 15.2 Å². The molecule has 1 aromatic rings. The van der Waals surface area contributed by atoms with Crippen molar-refractivity contribution in [3.8, 4) is 0 Å². The zero-order valence-corrected chi connectivity index (χ0v) is 15.0. The summed E-state index contributed by atoms with van der Waals surface area (Å²) in [4.78, 5) is 6.71. The number of aliphatic imine (C=N–C) groups is 1. The van der Waals surface area contributed by atoms with E-state index in [2.05, 4.69) is 34.2 Å². The van der Waals surface area contributed by atoms with Crippen LogP contribution in [-0.4, -0.2) is 54.8 Å². The van der Waals surface area contributed by atoms with Crippen molar-refractivity contribution in [1.82, 2.24) is 4.90 Å². The number of rotatable bonds is 5. The van der Waals surface area contributed by atoms with Crippen molar-refractivity contribution < 1.29 is 9.47 Å². The number of hydrogen-bond acceptors (Lipinski definition) is 4. The highest BCUT2D eigenvalue weighted by molar-refractivity contribution is 7.99. The topological polar surface area (TPSA) is 60.1 Å².